The number of nitrogens with zero attached hydrogens (tertiary/aromatic N) is 4. The molecule has 11 heteroatoms. The normalized spacial score (nSPS) is 13.0. The van der Waals surface area contributed by atoms with Gasteiger partial charge in [-0.05, 0) is 38.9 Å². The largest absolute Gasteiger partial charge is 0.456 e. The van der Waals surface area contributed by atoms with E-state index < -0.39 is 37.1 Å². The Morgan fingerprint density at radius 3 is 2.39 bits per heavy atom. The van der Waals surface area contributed by atoms with Gasteiger partial charge in [-0.2, -0.15) is 18.3 Å². The van der Waals surface area contributed by atoms with Crippen LogP contribution in [0, 0.1) is 0 Å². The minimum Gasteiger partial charge on any atom is -0.456 e. The van der Waals surface area contributed by atoms with Crippen LogP contribution in [0.1, 0.15) is 36.8 Å². The molecule has 0 saturated heterocycles. The van der Waals surface area contributed by atoms with E-state index >= 15 is 0 Å². The van der Waals surface area contributed by atoms with Crippen molar-refractivity contribution >= 4 is 25.1 Å². The maximum absolute atomic E-state index is 13.7. The van der Waals surface area contributed by atoms with E-state index in [4.69, 9.17) is 9.47 Å². The number of para-hydroxylation sites is 2. The van der Waals surface area contributed by atoms with Gasteiger partial charge in [-0.15, -0.1) is 0 Å². The molecule has 180 valence electrons. The Balaban J connectivity index is 2.04. The van der Waals surface area contributed by atoms with E-state index in [9.17, 15) is 18.0 Å². The SMILES string of the molecule is CC(C)(C)OC(=O)c1cn(-c2nc3ccccc3n2COCC[Si](C)(C)C)nc1C(F)(F)F. The van der Waals surface area contributed by atoms with Crippen LogP contribution in [0.2, 0.25) is 25.7 Å². The quantitative estimate of drug-likeness (QED) is 0.252. The van der Waals surface area contributed by atoms with Gasteiger partial charge in [-0.1, -0.05) is 31.8 Å². The molecule has 0 aliphatic rings. The zero-order valence-electron chi connectivity index (χ0n) is 19.7. The molecule has 3 aromatic rings. The number of ether oxygens (including phenoxy) is 2. The summed E-state index contributed by atoms with van der Waals surface area (Å²) in [5, 5.41) is 3.69. The molecule has 0 amide bonds. The smallest absolute Gasteiger partial charge is 0.436 e. The minimum absolute atomic E-state index is 0.0866. The van der Waals surface area contributed by atoms with Crippen LogP contribution in [0.3, 0.4) is 0 Å². The number of carbonyl (C=O) groups excluding carboxylic acids is 1. The Bertz CT molecular complexity index is 1140. The molecule has 0 saturated carbocycles. The summed E-state index contributed by atoms with van der Waals surface area (Å²) in [6, 6.07) is 8.09. The van der Waals surface area contributed by atoms with Gasteiger partial charge >= 0.3 is 12.1 Å². The van der Waals surface area contributed by atoms with Gasteiger partial charge in [-0.3, -0.25) is 4.57 Å². The number of carbonyl (C=O) groups is 1. The number of halogens is 3. The molecule has 1 aromatic carbocycles. The first kappa shape index (κ1) is 25.0. The number of hydrogen-bond acceptors (Lipinski definition) is 5. The predicted octanol–water partition coefficient (Wildman–Crippen LogP) is 5.51. The Morgan fingerprint density at radius 2 is 1.79 bits per heavy atom. The van der Waals surface area contributed by atoms with Gasteiger partial charge < -0.3 is 9.47 Å². The molecule has 0 fully saturated rings. The van der Waals surface area contributed by atoms with Gasteiger partial charge in [0.1, 0.15) is 17.9 Å². The fourth-order valence-electron chi connectivity index (χ4n) is 3.07. The highest BCUT2D eigenvalue weighted by Gasteiger charge is 2.41. The first-order valence-electron chi connectivity index (χ1n) is 10.6. The van der Waals surface area contributed by atoms with Crippen LogP contribution in [0.25, 0.3) is 17.0 Å². The highest BCUT2D eigenvalue weighted by atomic mass is 28.3. The lowest BCUT2D eigenvalue weighted by atomic mass is 10.2. The van der Waals surface area contributed by atoms with Gasteiger partial charge in [-0.25, -0.2) is 14.5 Å². The van der Waals surface area contributed by atoms with Gasteiger partial charge in [0.25, 0.3) is 0 Å². The number of aromatic nitrogens is 4. The molecular formula is C22H29F3N4O3Si. The van der Waals surface area contributed by atoms with Crippen LogP contribution in [-0.4, -0.2) is 45.6 Å². The average Bonchev–Trinajstić information content (AvgIpc) is 3.25. The summed E-state index contributed by atoms with van der Waals surface area (Å²) in [5.74, 6) is -0.986. The van der Waals surface area contributed by atoms with Crippen molar-refractivity contribution in [1.82, 2.24) is 19.3 Å². The number of alkyl halides is 3. The lowest BCUT2D eigenvalue weighted by Crippen LogP contribution is -2.25. The van der Waals surface area contributed by atoms with E-state index in [1.807, 2.05) is 6.07 Å². The molecule has 0 aliphatic carbocycles. The molecule has 2 heterocycles. The second kappa shape index (κ2) is 8.94. The Morgan fingerprint density at radius 1 is 1.12 bits per heavy atom. The lowest BCUT2D eigenvalue weighted by molar-refractivity contribution is -0.142. The van der Waals surface area contributed by atoms with E-state index in [1.54, 1.807) is 43.5 Å². The van der Waals surface area contributed by atoms with Crippen LogP contribution in [0.5, 0.6) is 0 Å². The zero-order chi connectivity index (χ0) is 24.6. The second-order valence-corrected chi connectivity index (χ2v) is 15.6. The van der Waals surface area contributed by atoms with Gasteiger partial charge in [0.2, 0.25) is 5.95 Å². The third-order valence-electron chi connectivity index (χ3n) is 4.66. The lowest BCUT2D eigenvalue weighted by Gasteiger charge is -2.19. The van der Waals surface area contributed by atoms with Crippen molar-refractivity contribution in [3.63, 3.8) is 0 Å². The molecule has 0 N–H and O–H groups in total. The third kappa shape index (κ3) is 6.23. The maximum atomic E-state index is 13.7. The highest BCUT2D eigenvalue weighted by Crippen LogP contribution is 2.32. The third-order valence-corrected chi connectivity index (χ3v) is 6.36. The van der Waals surface area contributed by atoms with Gasteiger partial charge in [0.05, 0.1) is 11.0 Å². The number of rotatable bonds is 7. The second-order valence-electron chi connectivity index (χ2n) is 10.0. The van der Waals surface area contributed by atoms with Crippen molar-refractivity contribution < 1.29 is 27.4 Å². The highest BCUT2D eigenvalue weighted by molar-refractivity contribution is 6.76. The van der Waals surface area contributed by atoms with Crippen molar-refractivity contribution in [1.29, 1.82) is 0 Å². The fraction of sp³-hybridized carbons (Fsp3) is 0.500. The Hall–Kier alpha value is -2.66. The van der Waals surface area contributed by atoms with Crippen molar-refractivity contribution in [3.05, 3.63) is 41.7 Å². The predicted molar refractivity (Wildman–Crippen MR) is 121 cm³/mol. The molecule has 7 nitrogen and oxygen atoms in total. The summed E-state index contributed by atoms with van der Waals surface area (Å²) in [6.07, 6.45) is -3.83. The number of benzene rings is 1. The van der Waals surface area contributed by atoms with E-state index in [2.05, 4.69) is 29.7 Å². The van der Waals surface area contributed by atoms with E-state index in [-0.39, 0.29) is 12.7 Å². The van der Waals surface area contributed by atoms with Gasteiger partial charge in [0, 0.05) is 20.9 Å². The number of esters is 1. The van der Waals surface area contributed by atoms with Crippen LogP contribution in [0.4, 0.5) is 13.2 Å². The monoisotopic (exact) mass is 482 g/mol. The van der Waals surface area contributed by atoms with Gasteiger partial charge in [0.15, 0.2) is 5.69 Å². The summed E-state index contributed by atoms with van der Waals surface area (Å²) in [4.78, 5) is 17.0. The summed E-state index contributed by atoms with van der Waals surface area (Å²) in [5.41, 5.74) is -1.70. The van der Waals surface area contributed by atoms with Crippen molar-refractivity contribution in [2.75, 3.05) is 6.61 Å². The maximum Gasteiger partial charge on any atom is 0.436 e. The molecule has 0 spiro atoms. The molecule has 2 aromatic heterocycles. The van der Waals surface area contributed by atoms with E-state index in [1.165, 1.54) is 0 Å². The first-order valence-corrected chi connectivity index (χ1v) is 14.3. The van der Waals surface area contributed by atoms with Crippen LogP contribution < -0.4 is 0 Å². The van der Waals surface area contributed by atoms with E-state index in [0.717, 1.165) is 16.9 Å². The molecule has 0 bridgehead atoms. The summed E-state index contributed by atoms with van der Waals surface area (Å²) >= 11 is 0. The van der Waals surface area contributed by atoms with Crippen molar-refractivity contribution in [2.24, 2.45) is 0 Å². The Kier molecular flexibility index (Phi) is 6.76. The standard InChI is InChI=1S/C22H29F3N4O3Si/c1-21(2,3)32-19(30)15-13-29(27-18(15)22(23,24)25)20-26-16-9-7-8-10-17(16)28(20)14-31-11-12-33(4,5)6/h7-10,13H,11-12,14H2,1-6H3. The summed E-state index contributed by atoms with van der Waals surface area (Å²) in [7, 11) is -1.31. The van der Waals surface area contributed by atoms with Crippen LogP contribution in [-0.2, 0) is 22.4 Å². The number of hydrogen-bond donors (Lipinski definition) is 0. The minimum atomic E-state index is -4.85. The first-order chi connectivity index (χ1) is 15.2. The topological polar surface area (TPSA) is 71.2 Å². The number of imidazole rings is 1. The average molecular weight is 483 g/mol. The van der Waals surface area contributed by atoms with Crippen LogP contribution in [0.15, 0.2) is 30.5 Å². The molecular weight excluding hydrogens is 453 g/mol. The molecule has 0 atom stereocenters. The van der Waals surface area contributed by atoms with Crippen LogP contribution >= 0.6 is 0 Å². The molecule has 33 heavy (non-hydrogen) atoms. The molecule has 0 radical (unpaired) electrons. The number of fused-ring (bicyclic) bond motifs is 1. The van der Waals surface area contributed by atoms with Crippen molar-refractivity contribution in [3.8, 4) is 5.95 Å². The molecule has 0 aliphatic heterocycles. The van der Waals surface area contributed by atoms with Crippen molar-refractivity contribution in [2.45, 2.75) is 65.0 Å². The fourth-order valence-corrected chi connectivity index (χ4v) is 3.82. The molecule has 3 rings (SSSR count). The Labute approximate surface area is 191 Å². The summed E-state index contributed by atoms with van der Waals surface area (Å²) in [6.45, 7) is 12.1. The summed E-state index contributed by atoms with van der Waals surface area (Å²) < 4.78 is 54.7. The zero-order valence-corrected chi connectivity index (χ0v) is 20.7. The molecule has 0 unspecified atom stereocenters. The van der Waals surface area contributed by atoms with E-state index in [0.29, 0.717) is 17.6 Å².